The van der Waals surface area contributed by atoms with Gasteiger partial charge in [0.1, 0.15) is 0 Å². The highest BCUT2D eigenvalue weighted by Gasteiger charge is 2.04. The van der Waals surface area contributed by atoms with Crippen molar-refractivity contribution in [2.75, 3.05) is 31.7 Å². The van der Waals surface area contributed by atoms with Crippen LogP contribution in [-0.2, 0) is 6.54 Å². The van der Waals surface area contributed by atoms with Crippen LogP contribution in [0.2, 0.25) is 0 Å². The Hall–Kier alpha value is -0.700. The predicted octanol–water partition coefficient (Wildman–Crippen LogP) is 3.30. The summed E-state index contributed by atoms with van der Waals surface area (Å²) in [4.78, 5) is 8.87. The topological polar surface area (TPSA) is 58.5 Å². The Morgan fingerprint density at radius 1 is 1.30 bits per heavy atom. The monoisotopic (exact) mass is 452 g/mol. The predicted molar refractivity (Wildman–Crippen MR) is 111 cm³/mol. The third kappa shape index (κ3) is 9.91. The summed E-state index contributed by atoms with van der Waals surface area (Å²) in [5.41, 5.74) is 1.00. The maximum absolute atomic E-state index is 5.53. The molecular formula is C16H29IN4OS. The molecule has 0 spiro atoms. The highest BCUT2D eigenvalue weighted by molar-refractivity contribution is 14.0. The molecule has 0 bridgehead atoms. The van der Waals surface area contributed by atoms with Gasteiger partial charge in [-0.05, 0) is 44.8 Å². The molecule has 7 heteroatoms. The van der Waals surface area contributed by atoms with Crippen molar-refractivity contribution in [2.24, 2.45) is 4.99 Å². The minimum absolute atomic E-state index is 0. The summed E-state index contributed by atoms with van der Waals surface area (Å²) in [7, 11) is 0. The maximum Gasteiger partial charge on any atom is 0.218 e. The molecule has 0 aromatic carbocycles. The molecule has 1 rings (SSSR count). The Morgan fingerprint density at radius 2 is 2.13 bits per heavy atom. The standard InChI is InChI=1S/C16H28N4OS.HI/c1-4-17-16(19-10-6-7-12-22-3)20-13-14-9-8-11-18-15(14)21-5-2;/h8-9,11H,4-7,10,12-13H2,1-3H3,(H2,17,19,20);1H. The van der Waals surface area contributed by atoms with E-state index in [4.69, 9.17) is 4.74 Å². The van der Waals surface area contributed by atoms with E-state index in [0.29, 0.717) is 19.0 Å². The van der Waals surface area contributed by atoms with Gasteiger partial charge in [0.2, 0.25) is 5.88 Å². The number of nitrogens with one attached hydrogen (secondary N) is 2. The van der Waals surface area contributed by atoms with Gasteiger partial charge in [0.15, 0.2) is 5.96 Å². The fourth-order valence-electron chi connectivity index (χ4n) is 1.90. The lowest BCUT2D eigenvalue weighted by atomic mass is 10.3. The normalized spacial score (nSPS) is 10.8. The highest BCUT2D eigenvalue weighted by atomic mass is 127. The Balaban J connectivity index is 0.00000484. The van der Waals surface area contributed by atoms with Crippen LogP contribution < -0.4 is 15.4 Å². The number of aromatic nitrogens is 1. The average Bonchev–Trinajstić information content (AvgIpc) is 2.54. The van der Waals surface area contributed by atoms with Crippen molar-refractivity contribution in [1.29, 1.82) is 0 Å². The number of halogens is 1. The molecule has 0 amide bonds. The number of nitrogens with zero attached hydrogens (tertiary/aromatic N) is 2. The van der Waals surface area contributed by atoms with E-state index >= 15 is 0 Å². The third-order valence-corrected chi connectivity index (χ3v) is 3.65. The SMILES string of the molecule is CCNC(=NCc1cccnc1OCC)NCCCCSC.I. The fraction of sp³-hybridized carbons (Fsp3) is 0.625. The smallest absolute Gasteiger partial charge is 0.218 e. The van der Waals surface area contributed by atoms with Gasteiger partial charge in [0.05, 0.1) is 13.2 Å². The summed E-state index contributed by atoms with van der Waals surface area (Å²) in [6.45, 7) is 6.99. The van der Waals surface area contributed by atoms with E-state index in [1.54, 1.807) is 6.20 Å². The van der Waals surface area contributed by atoms with Gasteiger partial charge in [-0.2, -0.15) is 11.8 Å². The Kier molecular flexibility index (Phi) is 14.4. The highest BCUT2D eigenvalue weighted by Crippen LogP contribution is 2.15. The number of pyridine rings is 1. The molecule has 0 unspecified atom stereocenters. The van der Waals surface area contributed by atoms with Crippen molar-refractivity contribution in [3.63, 3.8) is 0 Å². The molecule has 0 saturated carbocycles. The van der Waals surface area contributed by atoms with E-state index in [0.717, 1.165) is 31.0 Å². The minimum atomic E-state index is 0. The Labute approximate surface area is 161 Å². The summed E-state index contributed by atoms with van der Waals surface area (Å²) in [6.07, 6.45) is 6.27. The van der Waals surface area contributed by atoms with Gasteiger partial charge < -0.3 is 15.4 Å². The van der Waals surface area contributed by atoms with Crippen molar-refractivity contribution in [3.8, 4) is 5.88 Å². The summed E-state index contributed by atoms with van der Waals surface area (Å²) >= 11 is 1.89. The van der Waals surface area contributed by atoms with Crippen molar-refractivity contribution in [2.45, 2.75) is 33.2 Å². The first-order chi connectivity index (χ1) is 10.8. The van der Waals surface area contributed by atoms with E-state index in [1.807, 2.05) is 30.8 Å². The van der Waals surface area contributed by atoms with Crippen molar-refractivity contribution < 1.29 is 4.74 Å². The molecule has 0 aliphatic carbocycles. The van der Waals surface area contributed by atoms with Gasteiger partial charge >= 0.3 is 0 Å². The van der Waals surface area contributed by atoms with E-state index in [-0.39, 0.29) is 24.0 Å². The molecule has 2 N–H and O–H groups in total. The largest absolute Gasteiger partial charge is 0.478 e. The molecule has 132 valence electrons. The number of hydrogen-bond donors (Lipinski definition) is 2. The van der Waals surface area contributed by atoms with Gasteiger partial charge in [-0.3, -0.25) is 0 Å². The van der Waals surface area contributed by atoms with Gasteiger partial charge in [-0.25, -0.2) is 9.98 Å². The zero-order valence-electron chi connectivity index (χ0n) is 14.3. The van der Waals surface area contributed by atoms with Crippen molar-refractivity contribution >= 4 is 41.7 Å². The number of aliphatic imine (C=N–C) groups is 1. The molecule has 5 nitrogen and oxygen atoms in total. The van der Waals surface area contributed by atoms with E-state index in [2.05, 4.69) is 33.8 Å². The number of thioether (sulfide) groups is 1. The first-order valence-electron chi connectivity index (χ1n) is 7.89. The average molecular weight is 452 g/mol. The van der Waals surface area contributed by atoms with Crippen LogP contribution in [0.15, 0.2) is 23.3 Å². The minimum Gasteiger partial charge on any atom is -0.478 e. The number of unbranched alkanes of at least 4 members (excludes halogenated alkanes) is 1. The summed E-state index contributed by atoms with van der Waals surface area (Å²) in [5.74, 6) is 2.73. The van der Waals surface area contributed by atoms with Crippen LogP contribution in [0.1, 0.15) is 32.3 Å². The quantitative estimate of drug-likeness (QED) is 0.247. The van der Waals surface area contributed by atoms with Gasteiger partial charge in [-0.15, -0.1) is 24.0 Å². The Bertz CT molecular complexity index is 446. The maximum atomic E-state index is 5.53. The van der Waals surface area contributed by atoms with Crippen LogP contribution in [0.4, 0.5) is 0 Å². The molecule has 0 fully saturated rings. The second-order valence-corrected chi connectivity index (χ2v) is 5.71. The third-order valence-electron chi connectivity index (χ3n) is 2.95. The molecule has 1 aromatic rings. The molecule has 0 saturated heterocycles. The van der Waals surface area contributed by atoms with Crippen LogP contribution in [0.3, 0.4) is 0 Å². The fourth-order valence-corrected chi connectivity index (χ4v) is 2.39. The molecule has 23 heavy (non-hydrogen) atoms. The molecule has 0 aliphatic rings. The first kappa shape index (κ1) is 22.3. The molecular weight excluding hydrogens is 423 g/mol. The second-order valence-electron chi connectivity index (χ2n) is 4.72. The molecule has 1 aromatic heterocycles. The number of hydrogen-bond acceptors (Lipinski definition) is 4. The van der Waals surface area contributed by atoms with Crippen LogP contribution in [0.25, 0.3) is 0 Å². The Morgan fingerprint density at radius 3 is 2.83 bits per heavy atom. The van der Waals surface area contributed by atoms with Crippen LogP contribution >= 0.6 is 35.7 Å². The van der Waals surface area contributed by atoms with Crippen LogP contribution in [-0.4, -0.2) is 42.6 Å². The lowest BCUT2D eigenvalue weighted by Gasteiger charge is -2.12. The number of ether oxygens (including phenoxy) is 1. The molecule has 1 heterocycles. The zero-order valence-corrected chi connectivity index (χ0v) is 17.4. The van der Waals surface area contributed by atoms with Gasteiger partial charge in [0.25, 0.3) is 0 Å². The van der Waals surface area contributed by atoms with Gasteiger partial charge in [-0.1, -0.05) is 6.07 Å². The van der Waals surface area contributed by atoms with Crippen molar-refractivity contribution in [3.05, 3.63) is 23.9 Å². The lowest BCUT2D eigenvalue weighted by Crippen LogP contribution is -2.37. The van der Waals surface area contributed by atoms with E-state index in [1.165, 1.54) is 12.2 Å². The molecule has 0 aliphatic heterocycles. The van der Waals surface area contributed by atoms with E-state index < -0.39 is 0 Å². The van der Waals surface area contributed by atoms with Crippen LogP contribution in [0.5, 0.6) is 5.88 Å². The summed E-state index contributed by atoms with van der Waals surface area (Å²) in [6, 6.07) is 3.92. The number of guanidine groups is 1. The van der Waals surface area contributed by atoms with Crippen LogP contribution in [0, 0.1) is 0 Å². The van der Waals surface area contributed by atoms with Crippen molar-refractivity contribution in [1.82, 2.24) is 15.6 Å². The molecule has 0 radical (unpaired) electrons. The lowest BCUT2D eigenvalue weighted by molar-refractivity contribution is 0.323. The zero-order chi connectivity index (χ0) is 16.0. The van der Waals surface area contributed by atoms with Gasteiger partial charge in [0, 0.05) is 24.8 Å². The van der Waals surface area contributed by atoms with E-state index in [9.17, 15) is 0 Å². The first-order valence-corrected chi connectivity index (χ1v) is 9.29. The summed E-state index contributed by atoms with van der Waals surface area (Å²) < 4.78 is 5.53. The second kappa shape index (κ2) is 14.9. The summed E-state index contributed by atoms with van der Waals surface area (Å²) in [5, 5.41) is 6.64. The molecule has 0 atom stereocenters. The number of rotatable bonds is 10.